The van der Waals surface area contributed by atoms with Crippen molar-refractivity contribution in [1.29, 1.82) is 0 Å². The average molecular weight is 312 g/mol. The number of amides is 1. The quantitative estimate of drug-likeness (QED) is 0.878. The minimum absolute atomic E-state index is 0.120. The van der Waals surface area contributed by atoms with Crippen molar-refractivity contribution in [2.24, 2.45) is 0 Å². The van der Waals surface area contributed by atoms with Gasteiger partial charge in [0.2, 0.25) is 0 Å². The molecule has 21 heavy (non-hydrogen) atoms. The normalized spacial score (nSPS) is 19.3. The van der Waals surface area contributed by atoms with Gasteiger partial charge in [0, 0.05) is 13.2 Å². The number of benzene rings is 1. The Labute approximate surface area is 130 Å². The van der Waals surface area contributed by atoms with Crippen LogP contribution in [0.1, 0.15) is 31.7 Å². The molecule has 116 valence electrons. The van der Waals surface area contributed by atoms with Crippen molar-refractivity contribution < 1.29 is 14.3 Å². The van der Waals surface area contributed by atoms with E-state index in [1.807, 2.05) is 26.0 Å². The third-order valence-electron chi connectivity index (χ3n) is 3.55. The van der Waals surface area contributed by atoms with E-state index in [-0.39, 0.29) is 12.0 Å². The smallest absolute Gasteiger partial charge is 0.261 e. The highest BCUT2D eigenvalue weighted by Crippen LogP contribution is 2.26. The first-order valence-corrected chi connectivity index (χ1v) is 7.80. The number of rotatable bonds is 6. The number of halogens is 1. The van der Waals surface area contributed by atoms with Crippen molar-refractivity contribution in [1.82, 2.24) is 5.32 Å². The minimum Gasteiger partial charge on any atom is -0.479 e. The Morgan fingerprint density at radius 2 is 2.38 bits per heavy atom. The van der Waals surface area contributed by atoms with Crippen LogP contribution in [-0.2, 0) is 9.53 Å². The van der Waals surface area contributed by atoms with Gasteiger partial charge in [0.15, 0.2) is 6.10 Å². The van der Waals surface area contributed by atoms with Crippen molar-refractivity contribution in [2.45, 2.75) is 45.3 Å². The number of aryl methyl sites for hydroxylation is 1. The summed E-state index contributed by atoms with van der Waals surface area (Å²) < 4.78 is 11.3. The van der Waals surface area contributed by atoms with Crippen LogP contribution in [0, 0.1) is 6.92 Å². The van der Waals surface area contributed by atoms with E-state index in [1.54, 1.807) is 6.07 Å². The van der Waals surface area contributed by atoms with Crippen LogP contribution < -0.4 is 10.1 Å². The highest BCUT2D eigenvalue weighted by Gasteiger charge is 2.22. The molecule has 5 heteroatoms. The summed E-state index contributed by atoms with van der Waals surface area (Å²) in [4.78, 5) is 12.2. The van der Waals surface area contributed by atoms with Gasteiger partial charge >= 0.3 is 0 Å². The van der Waals surface area contributed by atoms with Crippen molar-refractivity contribution in [3.8, 4) is 5.75 Å². The fraction of sp³-hybridized carbons (Fsp3) is 0.562. The van der Waals surface area contributed by atoms with Gasteiger partial charge in [-0.15, -0.1) is 0 Å². The predicted molar refractivity (Wildman–Crippen MR) is 82.9 cm³/mol. The molecule has 0 radical (unpaired) electrons. The molecule has 0 aliphatic carbocycles. The van der Waals surface area contributed by atoms with Gasteiger partial charge in [-0.1, -0.05) is 24.6 Å². The first-order chi connectivity index (χ1) is 10.1. The third-order valence-corrected chi connectivity index (χ3v) is 3.86. The summed E-state index contributed by atoms with van der Waals surface area (Å²) in [5, 5.41) is 3.42. The Hall–Kier alpha value is -1.26. The summed E-state index contributed by atoms with van der Waals surface area (Å²) in [6, 6.07) is 5.54. The van der Waals surface area contributed by atoms with Gasteiger partial charge < -0.3 is 14.8 Å². The molecule has 1 aliphatic heterocycles. The Balaban J connectivity index is 1.91. The fourth-order valence-electron chi connectivity index (χ4n) is 2.31. The molecule has 2 rings (SSSR count). The molecule has 0 unspecified atom stereocenters. The van der Waals surface area contributed by atoms with E-state index in [2.05, 4.69) is 5.32 Å². The Morgan fingerprint density at radius 1 is 1.57 bits per heavy atom. The second kappa shape index (κ2) is 7.66. The first kappa shape index (κ1) is 16.1. The maximum absolute atomic E-state index is 12.2. The number of hydrogen-bond acceptors (Lipinski definition) is 3. The molecule has 2 atom stereocenters. The SMILES string of the molecule is CC[C@@H](Oc1cc(C)ccc1Cl)C(=O)NC[C@H]1CCCO1. The van der Waals surface area contributed by atoms with E-state index in [4.69, 9.17) is 21.1 Å². The van der Waals surface area contributed by atoms with Crippen LogP contribution in [-0.4, -0.2) is 31.3 Å². The summed E-state index contributed by atoms with van der Waals surface area (Å²) in [5.74, 6) is 0.432. The summed E-state index contributed by atoms with van der Waals surface area (Å²) in [6.07, 6.45) is 2.25. The molecule has 1 amide bonds. The van der Waals surface area contributed by atoms with Crippen molar-refractivity contribution in [3.63, 3.8) is 0 Å². The highest BCUT2D eigenvalue weighted by molar-refractivity contribution is 6.32. The van der Waals surface area contributed by atoms with Crippen LogP contribution in [0.25, 0.3) is 0 Å². The maximum atomic E-state index is 12.2. The van der Waals surface area contributed by atoms with E-state index >= 15 is 0 Å². The molecule has 1 aromatic carbocycles. The monoisotopic (exact) mass is 311 g/mol. The van der Waals surface area contributed by atoms with E-state index in [0.717, 1.165) is 25.0 Å². The van der Waals surface area contributed by atoms with Crippen LogP contribution in [0.15, 0.2) is 18.2 Å². The largest absolute Gasteiger partial charge is 0.479 e. The van der Waals surface area contributed by atoms with Crippen molar-refractivity contribution >= 4 is 17.5 Å². The third kappa shape index (κ3) is 4.61. The minimum atomic E-state index is -0.536. The molecule has 0 spiro atoms. The summed E-state index contributed by atoms with van der Waals surface area (Å²) in [5.41, 5.74) is 1.05. The van der Waals surface area contributed by atoms with E-state index in [0.29, 0.717) is 23.7 Å². The molecule has 1 aliphatic rings. The van der Waals surface area contributed by atoms with Gasteiger partial charge in [-0.25, -0.2) is 0 Å². The number of ether oxygens (including phenoxy) is 2. The number of carbonyl (C=O) groups excluding carboxylic acids is 1. The summed E-state index contributed by atoms with van der Waals surface area (Å²) in [7, 11) is 0. The van der Waals surface area contributed by atoms with Crippen LogP contribution in [0.4, 0.5) is 0 Å². The zero-order valence-electron chi connectivity index (χ0n) is 12.5. The van der Waals surface area contributed by atoms with Crippen molar-refractivity contribution in [2.75, 3.05) is 13.2 Å². The van der Waals surface area contributed by atoms with Crippen LogP contribution in [0.5, 0.6) is 5.75 Å². The Morgan fingerprint density at radius 3 is 3.05 bits per heavy atom. The Kier molecular flexibility index (Phi) is 5.88. The molecule has 1 saturated heterocycles. The average Bonchev–Trinajstić information content (AvgIpc) is 2.99. The van der Waals surface area contributed by atoms with Crippen LogP contribution in [0.2, 0.25) is 5.02 Å². The molecule has 0 bridgehead atoms. The first-order valence-electron chi connectivity index (χ1n) is 7.42. The lowest BCUT2D eigenvalue weighted by molar-refractivity contribution is -0.128. The second-order valence-electron chi connectivity index (χ2n) is 5.33. The van der Waals surface area contributed by atoms with Gasteiger partial charge in [-0.05, 0) is 43.9 Å². The highest BCUT2D eigenvalue weighted by atomic mass is 35.5. The van der Waals surface area contributed by atoms with E-state index in [1.165, 1.54) is 0 Å². The Bertz CT molecular complexity index is 486. The predicted octanol–water partition coefficient (Wildman–Crippen LogP) is 3.10. The lowest BCUT2D eigenvalue weighted by Crippen LogP contribution is -2.41. The molecule has 1 N–H and O–H groups in total. The molecule has 4 nitrogen and oxygen atoms in total. The van der Waals surface area contributed by atoms with Gasteiger partial charge in [0.25, 0.3) is 5.91 Å². The van der Waals surface area contributed by atoms with Gasteiger partial charge in [0.05, 0.1) is 11.1 Å². The number of nitrogens with one attached hydrogen (secondary N) is 1. The molecule has 1 fully saturated rings. The zero-order valence-corrected chi connectivity index (χ0v) is 13.3. The second-order valence-corrected chi connectivity index (χ2v) is 5.74. The van der Waals surface area contributed by atoms with E-state index < -0.39 is 6.10 Å². The van der Waals surface area contributed by atoms with E-state index in [9.17, 15) is 4.79 Å². The zero-order chi connectivity index (χ0) is 15.2. The summed E-state index contributed by atoms with van der Waals surface area (Å²) >= 11 is 6.11. The standard InChI is InChI=1S/C16H22ClNO3/c1-3-14(16(19)18-10-12-5-4-8-20-12)21-15-9-11(2)6-7-13(15)17/h6-7,9,12,14H,3-5,8,10H2,1-2H3,(H,18,19)/t12-,14-/m1/s1. The molecular weight excluding hydrogens is 290 g/mol. The number of carbonyl (C=O) groups is 1. The lowest BCUT2D eigenvalue weighted by atomic mass is 10.2. The lowest BCUT2D eigenvalue weighted by Gasteiger charge is -2.19. The van der Waals surface area contributed by atoms with Gasteiger partial charge in [-0.2, -0.15) is 0 Å². The summed E-state index contributed by atoms with van der Waals surface area (Å²) in [6.45, 7) is 5.20. The van der Waals surface area contributed by atoms with Crippen molar-refractivity contribution in [3.05, 3.63) is 28.8 Å². The van der Waals surface area contributed by atoms with Crippen LogP contribution >= 0.6 is 11.6 Å². The molecular formula is C16H22ClNO3. The van der Waals surface area contributed by atoms with Gasteiger partial charge in [-0.3, -0.25) is 4.79 Å². The molecule has 1 aromatic rings. The fourth-order valence-corrected chi connectivity index (χ4v) is 2.47. The van der Waals surface area contributed by atoms with Gasteiger partial charge in [0.1, 0.15) is 5.75 Å². The maximum Gasteiger partial charge on any atom is 0.261 e. The molecule has 1 heterocycles. The van der Waals surface area contributed by atoms with Crippen LogP contribution in [0.3, 0.4) is 0 Å². The molecule has 0 aromatic heterocycles. The number of hydrogen-bond donors (Lipinski definition) is 1. The topological polar surface area (TPSA) is 47.6 Å². The molecule has 0 saturated carbocycles.